The Balaban J connectivity index is 2.44. The maximum Gasteiger partial charge on any atom is 0.264 e. The SMILES string of the molecule is Cc1ncccc1NS(=O)(=O)c1cc(F)ccc1N. The lowest BCUT2D eigenvalue weighted by Gasteiger charge is -2.11. The number of pyridine rings is 1. The van der Waals surface area contributed by atoms with Gasteiger partial charge in [0.25, 0.3) is 10.0 Å². The molecule has 0 aliphatic rings. The first kappa shape index (κ1) is 13.3. The van der Waals surface area contributed by atoms with Crippen LogP contribution >= 0.6 is 0 Å². The van der Waals surface area contributed by atoms with Crippen LogP contribution in [0.2, 0.25) is 0 Å². The van der Waals surface area contributed by atoms with E-state index >= 15 is 0 Å². The van der Waals surface area contributed by atoms with Gasteiger partial charge in [-0.3, -0.25) is 9.71 Å². The number of halogens is 1. The zero-order chi connectivity index (χ0) is 14.0. The van der Waals surface area contributed by atoms with E-state index in [1.54, 1.807) is 25.3 Å². The van der Waals surface area contributed by atoms with E-state index in [1.807, 2.05) is 0 Å². The van der Waals surface area contributed by atoms with E-state index in [2.05, 4.69) is 9.71 Å². The monoisotopic (exact) mass is 281 g/mol. The van der Waals surface area contributed by atoms with Crippen molar-refractivity contribution in [3.05, 3.63) is 48.0 Å². The van der Waals surface area contributed by atoms with Crippen molar-refractivity contribution in [1.29, 1.82) is 0 Å². The van der Waals surface area contributed by atoms with E-state index in [0.29, 0.717) is 11.4 Å². The molecule has 1 aromatic heterocycles. The fourth-order valence-electron chi connectivity index (χ4n) is 1.53. The van der Waals surface area contributed by atoms with Gasteiger partial charge in [0.1, 0.15) is 10.7 Å². The summed E-state index contributed by atoms with van der Waals surface area (Å²) in [5.41, 5.74) is 6.39. The molecule has 2 rings (SSSR count). The van der Waals surface area contributed by atoms with Crippen molar-refractivity contribution in [2.24, 2.45) is 0 Å². The predicted octanol–water partition coefficient (Wildman–Crippen LogP) is 1.91. The molecule has 0 atom stereocenters. The van der Waals surface area contributed by atoms with Crippen molar-refractivity contribution in [3.8, 4) is 0 Å². The number of aryl methyl sites for hydroxylation is 1. The summed E-state index contributed by atoms with van der Waals surface area (Å²) in [6.07, 6.45) is 1.55. The van der Waals surface area contributed by atoms with Gasteiger partial charge in [-0.15, -0.1) is 0 Å². The highest BCUT2D eigenvalue weighted by Gasteiger charge is 2.19. The topological polar surface area (TPSA) is 85.1 Å². The Morgan fingerprint density at radius 3 is 2.74 bits per heavy atom. The molecule has 0 aliphatic carbocycles. The average molecular weight is 281 g/mol. The maximum atomic E-state index is 13.1. The van der Waals surface area contributed by atoms with Gasteiger partial charge in [0.05, 0.1) is 17.1 Å². The lowest BCUT2D eigenvalue weighted by molar-refractivity contribution is 0.596. The summed E-state index contributed by atoms with van der Waals surface area (Å²) < 4.78 is 39.8. The van der Waals surface area contributed by atoms with E-state index < -0.39 is 15.8 Å². The fourth-order valence-corrected chi connectivity index (χ4v) is 2.79. The Labute approximate surface area is 110 Å². The first-order valence-electron chi connectivity index (χ1n) is 5.39. The number of nitrogens with one attached hydrogen (secondary N) is 1. The van der Waals surface area contributed by atoms with Crippen LogP contribution < -0.4 is 10.5 Å². The molecular weight excluding hydrogens is 269 g/mol. The smallest absolute Gasteiger partial charge is 0.264 e. The molecule has 7 heteroatoms. The molecule has 0 saturated carbocycles. The summed E-state index contributed by atoms with van der Waals surface area (Å²) in [5.74, 6) is -0.669. The first-order chi connectivity index (χ1) is 8.90. The second kappa shape index (κ2) is 4.85. The third kappa shape index (κ3) is 2.82. The average Bonchev–Trinajstić information content (AvgIpc) is 2.35. The van der Waals surface area contributed by atoms with Crippen LogP contribution in [0.15, 0.2) is 41.4 Å². The molecule has 1 aromatic carbocycles. The molecule has 0 bridgehead atoms. The minimum atomic E-state index is -3.94. The van der Waals surface area contributed by atoms with Crippen molar-refractivity contribution in [2.75, 3.05) is 10.5 Å². The lowest BCUT2D eigenvalue weighted by atomic mass is 10.3. The fraction of sp³-hybridized carbons (Fsp3) is 0.0833. The standard InChI is InChI=1S/C12H12FN3O2S/c1-8-11(3-2-6-15-8)16-19(17,18)12-7-9(13)4-5-10(12)14/h2-7,16H,14H2,1H3. The molecule has 0 radical (unpaired) electrons. The molecule has 100 valence electrons. The first-order valence-corrected chi connectivity index (χ1v) is 6.88. The summed E-state index contributed by atoms with van der Waals surface area (Å²) in [7, 11) is -3.94. The minimum absolute atomic E-state index is 0.0181. The Bertz CT molecular complexity index is 717. The molecule has 0 fully saturated rings. The second-order valence-electron chi connectivity index (χ2n) is 3.92. The summed E-state index contributed by atoms with van der Waals surface area (Å²) in [4.78, 5) is 3.67. The van der Waals surface area contributed by atoms with Gasteiger partial charge in [0.15, 0.2) is 0 Å². The van der Waals surface area contributed by atoms with Gasteiger partial charge in [-0.05, 0) is 37.3 Å². The third-order valence-corrected chi connectivity index (χ3v) is 3.94. The summed E-state index contributed by atoms with van der Waals surface area (Å²) in [6.45, 7) is 1.66. The van der Waals surface area contributed by atoms with Crippen LogP contribution in [0.4, 0.5) is 15.8 Å². The number of sulfonamides is 1. The van der Waals surface area contributed by atoms with Gasteiger partial charge in [-0.1, -0.05) is 0 Å². The van der Waals surface area contributed by atoms with E-state index in [9.17, 15) is 12.8 Å². The third-order valence-electron chi connectivity index (χ3n) is 2.52. The molecule has 0 spiro atoms. The summed E-state index contributed by atoms with van der Waals surface area (Å²) in [6, 6.07) is 6.35. The number of rotatable bonds is 3. The Morgan fingerprint density at radius 1 is 1.32 bits per heavy atom. The number of benzene rings is 1. The molecule has 0 aliphatic heterocycles. The predicted molar refractivity (Wildman–Crippen MR) is 70.6 cm³/mol. The summed E-state index contributed by atoms with van der Waals surface area (Å²) >= 11 is 0. The lowest BCUT2D eigenvalue weighted by Crippen LogP contribution is -2.16. The van der Waals surface area contributed by atoms with Crippen LogP contribution in [-0.2, 0) is 10.0 Å². The molecule has 3 N–H and O–H groups in total. The van der Waals surface area contributed by atoms with Gasteiger partial charge in [-0.25, -0.2) is 12.8 Å². The van der Waals surface area contributed by atoms with Gasteiger partial charge < -0.3 is 5.73 Å². The van der Waals surface area contributed by atoms with Gasteiger partial charge in [-0.2, -0.15) is 0 Å². The van der Waals surface area contributed by atoms with Gasteiger partial charge in [0.2, 0.25) is 0 Å². The van der Waals surface area contributed by atoms with Gasteiger partial charge in [0, 0.05) is 6.20 Å². The molecule has 19 heavy (non-hydrogen) atoms. The zero-order valence-electron chi connectivity index (χ0n) is 10.1. The molecular formula is C12H12FN3O2S. The van der Waals surface area contributed by atoms with Crippen molar-refractivity contribution in [1.82, 2.24) is 4.98 Å². The van der Waals surface area contributed by atoms with Crippen LogP contribution in [0.5, 0.6) is 0 Å². The normalized spacial score (nSPS) is 11.3. The summed E-state index contributed by atoms with van der Waals surface area (Å²) in [5, 5.41) is 0. The van der Waals surface area contributed by atoms with Crippen molar-refractivity contribution in [3.63, 3.8) is 0 Å². The number of hydrogen-bond donors (Lipinski definition) is 2. The number of hydrogen-bond acceptors (Lipinski definition) is 4. The van der Waals surface area contributed by atoms with Crippen LogP contribution in [0.3, 0.4) is 0 Å². The number of nitrogens with two attached hydrogens (primary N) is 1. The Kier molecular flexibility index (Phi) is 3.39. The molecule has 0 unspecified atom stereocenters. The maximum absolute atomic E-state index is 13.1. The minimum Gasteiger partial charge on any atom is -0.398 e. The molecule has 0 saturated heterocycles. The van der Waals surface area contributed by atoms with Crippen LogP contribution in [-0.4, -0.2) is 13.4 Å². The van der Waals surface area contributed by atoms with Crippen LogP contribution in [0, 0.1) is 12.7 Å². The highest BCUT2D eigenvalue weighted by Crippen LogP contribution is 2.23. The molecule has 0 amide bonds. The van der Waals surface area contributed by atoms with E-state index in [4.69, 9.17) is 5.73 Å². The second-order valence-corrected chi connectivity index (χ2v) is 5.57. The molecule has 1 heterocycles. The number of nitrogens with zero attached hydrogens (tertiary/aromatic N) is 1. The van der Waals surface area contributed by atoms with E-state index in [0.717, 1.165) is 12.1 Å². The highest BCUT2D eigenvalue weighted by atomic mass is 32.2. The van der Waals surface area contributed by atoms with Crippen LogP contribution in [0.1, 0.15) is 5.69 Å². The quantitative estimate of drug-likeness (QED) is 0.842. The number of anilines is 2. The Hall–Kier alpha value is -2.15. The van der Waals surface area contributed by atoms with Crippen molar-refractivity contribution >= 4 is 21.4 Å². The molecule has 5 nitrogen and oxygen atoms in total. The van der Waals surface area contributed by atoms with E-state index in [-0.39, 0.29) is 10.6 Å². The van der Waals surface area contributed by atoms with Crippen LogP contribution in [0.25, 0.3) is 0 Å². The number of nitrogen functional groups attached to an aromatic ring is 1. The Morgan fingerprint density at radius 2 is 2.05 bits per heavy atom. The molecule has 2 aromatic rings. The largest absolute Gasteiger partial charge is 0.398 e. The van der Waals surface area contributed by atoms with E-state index in [1.165, 1.54) is 6.07 Å². The number of aromatic nitrogens is 1. The zero-order valence-corrected chi connectivity index (χ0v) is 10.9. The van der Waals surface area contributed by atoms with Crippen molar-refractivity contribution in [2.45, 2.75) is 11.8 Å². The highest BCUT2D eigenvalue weighted by molar-refractivity contribution is 7.92. The van der Waals surface area contributed by atoms with Crippen molar-refractivity contribution < 1.29 is 12.8 Å². The van der Waals surface area contributed by atoms with Gasteiger partial charge >= 0.3 is 0 Å².